The molecule has 1 N–H and O–H groups in total. The first-order valence-electron chi connectivity index (χ1n) is 9.91. The SMILES string of the molecule is Cc1cc(C2=NOC(F)(c3cc(Cl)cc(C(F)(F)F)c3)C2)ccc1C(=O)N1CC(=O)NC(=O)C1. The molecule has 1 atom stereocenters. The van der Waals surface area contributed by atoms with E-state index in [1.165, 1.54) is 18.2 Å². The lowest BCUT2D eigenvalue weighted by molar-refractivity contribution is -0.140. The number of nitrogens with one attached hydrogen (secondary N) is 1. The summed E-state index contributed by atoms with van der Waals surface area (Å²) in [4.78, 5) is 41.8. The molecule has 0 saturated carbocycles. The van der Waals surface area contributed by atoms with E-state index >= 15 is 4.39 Å². The zero-order valence-electron chi connectivity index (χ0n) is 17.5. The fraction of sp³-hybridized carbons (Fsp3) is 0.273. The number of oxime groups is 1. The molecular weight excluding hydrogens is 482 g/mol. The Bertz CT molecular complexity index is 1230. The van der Waals surface area contributed by atoms with E-state index in [2.05, 4.69) is 10.5 Å². The molecule has 34 heavy (non-hydrogen) atoms. The lowest BCUT2D eigenvalue weighted by Gasteiger charge is -2.26. The molecule has 1 saturated heterocycles. The molecule has 2 heterocycles. The smallest absolute Gasteiger partial charge is 0.350 e. The average molecular weight is 498 g/mol. The van der Waals surface area contributed by atoms with E-state index in [0.717, 1.165) is 11.0 Å². The van der Waals surface area contributed by atoms with Crippen molar-refractivity contribution in [1.29, 1.82) is 0 Å². The van der Waals surface area contributed by atoms with Crippen LogP contribution in [0.15, 0.2) is 41.6 Å². The molecule has 4 rings (SSSR count). The van der Waals surface area contributed by atoms with Gasteiger partial charge in [-0.15, -0.1) is 0 Å². The Kier molecular flexibility index (Phi) is 5.84. The molecule has 2 aliphatic heterocycles. The van der Waals surface area contributed by atoms with Crippen LogP contribution in [0.5, 0.6) is 0 Å². The Morgan fingerprint density at radius 1 is 1.15 bits per heavy atom. The molecular formula is C22H16ClF4N3O4. The zero-order chi connectivity index (χ0) is 24.8. The molecule has 1 unspecified atom stereocenters. The van der Waals surface area contributed by atoms with Crippen LogP contribution in [0.2, 0.25) is 5.02 Å². The van der Waals surface area contributed by atoms with Crippen molar-refractivity contribution < 1.29 is 36.8 Å². The second kappa shape index (κ2) is 8.39. The molecule has 1 fully saturated rings. The summed E-state index contributed by atoms with van der Waals surface area (Å²) < 4.78 is 54.8. The Balaban J connectivity index is 1.55. The second-order valence-corrected chi connectivity index (χ2v) is 8.36. The van der Waals surface area contributed by atoms with Crippen molar-refractivity contribution in [3.8, 4) is 0 Å². The van der Waals surface area contributed by atoms with Gasteiger partial charge in [0.05, 0.1) is 17.7 Å². The molecule has 3 amide bonds. The number of piperazine rings is 1. The van der Waals surface area contributed by atoms with Gasteiger partial charge in [-0.05, 0) is 48.4 Å². The van der Waals surface area contributed by atoms with Crippen LogP contribution >= 0.6 is 11.6 Å². The Labute approximate surface area is 195 Å². The molecule has 2 aromatic rings. The molecule has 0 bridgehead atoms. The van der Waals surface area contributed by atoms with Crippen LogP contribution in [0.25, 0.3) is 0 Å². The van der Waals surface area contributed by atoms with Gasteiger partial charge < -0.3 is 9.74 Å². The molecule has 178 valence electrons. The second-order valence-electron chi connectivity index (χ2n) is 7.92. The van der Waals surface area contributed by atoms with Crippen molar-refractivity contribution in [3.63, 3.8) is 0 Å². The quantitative estimate of drug-likeness (QED) is 0.517. The van der Waals surface area contributed by atoms with Crippen molar-refractivity contribution in [1.82, 2.24) is 10.2 Å². The summed E-state index contributed by atoms with van der Waals surface area (Å²) >= 11 is 5.76. The van der Waals surface area contributed by atoms with E-state index in [1.807, 2.05) is 0 Å². The van der Waals surface area contributed by atoms with Crippen LogP contribution < -0.4 is 5.32 Å². The van der Waals surface area contributed by atoms with Crippen LogP contribution in [-0.4, -0.2) is 41.4 Å². The van der Waals surface area contributed by atoms with Gasteiger partial charge in [-0.2, -0.15) is 17.6 Å². The Hall–Kier alpha value is -3.47. The summed E-state index contributed by atoms with van der Waals surface area (Å²) in [6, 6.07) is 6.78. The minimum atomic E-state index is -4.72. The minimum Gasteiger partial charge on any atom is -0.350 e. The predicted octanol–water partition coefficient (Wildman–Crippen LogP) is 3.71. The first kappa shape index (κ1) is 23.7. The fourth-order valence-electron chi connectivity index (χ4n) is 3.72. The van der Waals surface area contributed by atoms with E-state index in [9.17, 15) is 27.6 Å². The highest BCUT2D eigenvalue weighted by molar-refractivity contribution is 6.30. The Morgan fingerprint density at radius 2 is 1.82 bits per heavy atom. The molecule has 0 aliphatic carbocycles. The number of aryl methyl sites for hydroxylation is 1. The standard InChI is InChI=1S/C22H16ClF4N3O4/c1-11-4-12(2-3-16(11)20(33)30-9-18(31)28-19(32)10-30)17-8-21(24,34-29-17)13-5-14(22(25,26)27)7-15(23)6-13/h2-7H,8-10H2,1H3,(H,28,31,32). The van der Waals surface area contributed by atoms with Gasteiger partial charge >= 0.3 is 12.0 Å². The van der Waals surface area contributed by atoms with Gasteiger partial charge in [-0.3, -0.25) is 19.7 Å². The third-order valence-electron chi connectivity index (χ3n) is 5.38. The molecule has 0 aromatic heterocycles. The van der Waals surface area contributed by atoms with E-state index < -0.39 is 47.3 Å². The van der Waals surface area contributed by atoms with Gasteiger partial charge in [0.15, 0.2) is 0 Å². The van der Waals surface area contributed by atoms with Crippen LogP contribution in [0.1, 0.15) is 39.0 Å². The Morgan fingerprint density at radius 3 is 2.44 bits per heavy atom. The minimum absolute atomic E-state index is 0.116. The summed E-state index contributed by atoms with van der Waals surface area (Å²) in [6.07, 6.45) is -5.21. The third-order valence-corrected chi connectivity index (χ3v) is 5.59. The highest BCUT2D eigenvalue weighted by Gasteiger charge is 2.43. The van der Waals surface area contributed by atoms with Crippen LogP contribution in [-0.2, 0) is 26.5 Å². The van der Waals surface area contributed by atoms with Gasteiger partial charge in [0.1, 0.15) is 13.1 Å². The maximum absolute atomic E-state index is 15.5. The number of imide groups is 1. The first-order valence-corrected chi connectivity index (χ1v) is 10.3. The lowest BCUT2D eigenvalue weighted by atomic mass is 9.95. The monoisotopic (exact) mass is 497 g/mol. The van der Waals surface area contributed by atoms with E-state index in [-0.39, 0.29) is 29.4 Å². The molecule has 12 heteroatoms. The highest BCUT2D eigenvalue weighted by Crippen LogP contribution is 2.41. The number of carbonyl (C=O) groups excluding carboxylic acids is 3. The number of halogens is 5. The van der Waals surface area contributed by atoms with Crippen LogP contribution in [0.4, 0.5) is 17.6 Å². The van der Waals surface area contributed by atoms with Gasteiger partial charge in [0.25, 0.3) is 5.91 Å². The summed E-state index contributed by atoms with van der Waals surface area (Å²) in [7, 11) is 0. The zero-order valence-corrected chi connectivity index (χ0v) is 18.3. The fourth-order valence-corrected chi connectivity index (χ4v) is 3.96. The van der Waals surface area contributed by atoms with Crippen molar-refractivity contribution in [2.45, 2.75) is 25.4 Å². The summed E-state index contributed by atoms with van der Waals surface area (Å²) in [5, 5.41) is 5.51. The van der Waals surface area contributed by atoms with Gasteiger partial charge in [0, 0.05) is 16.1 Å². The number of hydrogen-bond acceptors (Lipinski definition) is 5. The molecule has 0 spiro atoms. The molecule has 0 radical (unpaired) electrons. The number of benzene rings is 2. The average Bonchev–Trinajstić information content (AvgIpc) is 3.15. The maximum Gasteiger partial charge on any atom is 0.416 e. The van der Waals surface area contributed by atoms with E-state index in [4.69, 9.17) is 16.4 Å². The van der Waals surface area contributed by atoms with E-state index in [1.54, 1.807) is 6.92 Å². The molecule has 2 aromatic carbocycles. The maximum atomic E-state index is 15.5. The van der Waals surface area contributed by atoms with Crippen LogP contribution in [0, 0.1) is 6.92 Å². The van der Waals surface area contributed by atoms with Gasteiger partial charge in [-0.25, -0.2) is 0 Å². The molecule has 7 nitrogen and oxygen atoms in total. The van der Waals surface area contributed by atoms with Crippen molar-refractivity contribution >= 4 is 35.0 Å². The summed E-state index contributed by atoms with van der Waals surface area (Å²) in [5.74, 6) is -4.38. The predicted molar refractivity (Wildman–Crippen MR) is 112 cm³/mol. The summed E-state index contributed by atoms with van der Waals surface area (Å²) in [5.41, 5.74) is -0.357. The lowest BCUT2D eigenvalue weighted by Crippen LogP contribution is -2.53. The number of carbonyl (C=O) groups is 3. The van der Waals surface area contributed by atoms with Gasteiger partial charge in [0.2, 0.25) is 11.8 Å². The number of hydrogen-bond donors (Lipinski definition) is 1. The highest BCUT2D eigenvalue weighted by atomic mass is 35.5. The van der Waals surface area contributed by atoms with Gasteiger partial charge in [-0.1, -0.05) is 22.8 Å². The number of nitrogens with zero attached hydrogens (tertiary/aromatic N) is 2. The van der Waals surface area contributed by atoms with Crippen molar-refractivity contribution in [2.24, 2.45) is 5.16 Å². The molecule has 2 aliphatic rings. The number of rotatable bonds is 3. The van der Waals surface area contributed by atoms with Crippen molar-refractivity contribution in [2.75, 3.05) is 13.1 Å². The van der Waals surface area contributed by atoms with Crippen molar-refractivity contribution in [3.05, 3.63) is 69.2 Å². The first-order chi connectivity index (χ1) is 15.9. The number of amides is 3. The number of alkyl halides is 4. The normalized spacial score (nSPS) is 20.6. The topological polar surface area (TPSA) is 88.1 Å². The van der Waals surface area contributed by atoms with Crippen LogP contribution in [0.3, 0.4) is 0 Å². The van der Waals surface area contributed by atoms with E-state index in [0.29, 0.717) is 23.3 Å². The summed E-state index contributed by atoms with van der Waals surface area (Å²) in [6.45, 7) is 1.07. The largest absolute Gasteiger partial charge is 0.416 e. The third kappa shape index (κ3) is 4.60.